The summed E-state index contributed by atoms with van der Waals surface area (Å²) in [4.78, 5) is 14.2. The van der Waals surface area contributed by atoms with Crippen LogP contribution in [0.1, 0.15) is 36.4 Å². The summed E-state index contributed by atoms with van der Waals surface area (Å²) < 4.78 is 43.2. The van der Waals surface area contributed by atoms with Crippen LogP contribution in [-0.4, -0.2) is 35.2 Å². The van der Waals surface area contributed by atoms with E-state index in [9.17, 15) is 23.1 Å². The number of amides is 1. The fourth-order valence-electron chi connectivity index (χ4n) is 3.15. The summed E-state index contributed by atoms with van der Waals surface area (Å²) in [7, 11) is 0. The van der Waals surface area contributed by atoms with E-state index in [4.69, 9.17) is 4.74 Å². The fraction of sp³-hybridized carbons (Fsp3) is 0.471. The van der Waals surface area contributed by atoms with Gasteiger partial charge in [0.25, 0.3) is 5.91 Å². The van der Waals surface area contributed by atoms with E-state index >= 15 is 0 Å². The Morgan fingerprint density at radius 3 is 2.54 bits per heavy atom. The van der Waals surface area contributed by atoms with Crippen LogP contribution in [0.25, 0.3) is 0 Å². The third-order valence-corrected chi connectivity index (χ3v) is 4.37. The lowest BCUT2D eigenvalue weighted by molar-refractivity contribution is -0.137. The predicted octanol–water partition coefficient (Wildman–Crippen LogP) is 3.03. The standard InChI is InChI=1S/C17H18F3NO3/c18-17(19,20)13-5-3-11(4-6-13)15-8-14(22)9-21(15)16(23)12-2-1-7-24-10-12/h3-6,10,14-15,22H,1-2,7-9H2. The van der Waals surface area contributed by atoms with Gasteiger partial charge in [-0.05, 0) is 37.0 Å². The predicted molar refractivity (Wildman–Crippen MR) is 79.8 cm³/mol. The van der Waals surface area contributed by atoms with E-state index in [1.807, 2.05) is 0 Å². The summed E-state index contributed by atoms with van der Waals surface area (Å²) in [5.41, 5.74) is 0.392. The van der Waals surface area contributed by atoms with Crippen molar-refractivity contribution in [3.8, 4) is 0 Å². The molecule has 24 heavy (non-hydrogen) atoms. The van der Waals surface area contributed by atoms with Crippen LogP contribution in [0.4, 0.5) is 13.2 Å². The van der Waals surface area contributed by atoms with Gasteiger partial charge in [0.1, 0.15) is 0 Å². The van der Waals surface area contributed by atoms with Crippen LogP contribution < -0.4 is 0 Å². The lowest BCUT2D eigenvalue weighted by Crippen LogP contribution is -2.33. The zero-order chi connectivity index (χ0) is 17.3. The van der Waals surface area contributed by atoms with Gasteiger partial charge in [-0.3, -0.25) is 4.79 Å². The average Bonchev–Trinajstić information content (AvgIpc) is 2.96. The van der Waals surface area contributed by atoms with Gasteiger partial charge in [0.2, 0.25) is 0 Å². The molecule has 0 radical (unpaired) electrons. The SMILES string of the molecule is O=C(C1=COCCC1)N1CC(O)CC1c1ccc(C(F)(F)F)cc1. The summed E-state index contributed by atoms with van der Waals surface area (Å²) >= 11 is 0. The van der Waals surface area contributed by atoms with E-state index in [0.717, 1.165) is 18.6 Å². The van der Waals surface area contributed by atoms with Crippen molar-refractivity contribution in [3.63, 3.8) is 0 Å². The van der Waals surface area contributed by atoms with Crippen LogP contribution in [0.5, 0.6) is 0 Å². The summed E-state index contributed by atoms with van der Waals surface area (Å²) in [6, 6.07) is 4.32. The number of hydrogen-bond acceptors (Lipinski definition) is 3. The molecule has 7 heteroatoms. The smallest absolute Gasteiger partial charge is 0.416 e. The molecule has 1 aromatic carbocycles. The van der Waals surface area contributed by atoms with E-state index in [-0.39, 0.29) is 12.5 Å². The summed E-state index contributed by atoms with van der Waals surface area (Å²) in [5, 5.41) is 9.94. The van der Waals surface area contributed by atoms with Crippen LogP contribution in [0, 0.1) is 0 Å². The van der Waals surface area contributed by atoms with Gasteiger partial charge in [-0.15, -0.1) is 0 Å². The molecule has 1 N–H and O–H groups in total. The molecule has 2 aliphatic heterocycles. The van der Waals surface area contributed by atoms with Gasteiger partial charge >= 0.3 is 6.18 Å². The average molecular weight is 341 g/mol. The Kier molecular flexibility index (Phi) is 4.54. The maximum Gasteiger partial charge on any atom is 0.416 e. The molecule has 0 saturated carbocycles. The van der Waals surface area contributed by atoms with Crippen LogP contribution in [0.3, 0.4) is 0 Å². The molecule has 2 aliphatic rings. The van der Waals surface area contributed by atoms with E-state index in [0.29, 0.717) is 30.6 Å². The Labute approximate surface area is 137 Å². The zero-order valence-electron chi connectivity index (χ0n) is 12.9. The Morgan fingerprint density at radius 1 is 1.25 bits per heavy atom. The molecule has 4 nitrogen and oxygen atoms in total. The Bertz CT molecular complexity index is 639. The highest BCUT2D eigenvalue weighted by Crippen LogP contribution is 2.36. The Balaban J connectivity index is 1.82. The molecule has 1 fully saturated rings. The number of hydrogen-bond donors (Lipinski definition) is 1. The molecule has 0 spiro atoms. The molecular formula is C17H18F3NO3. The van der Waals surface area contributed by atoms with Crippen LogP contribution in [0.15, 0.2) is 36.1 Å². The lowest BCUT2D eigenvalue weighted by Gasteiger charge is -2.27. The van der Waals surface area contributed by atoms with Crippen molar-refractivity contribution >= 4 is 5.91 Å². The number of carbonyl (C=O) groups is 1. The minimum absolute atomic E-state index is 0.169. The van der Waals surface area contributed by atoms with Crippen molar-refractivity contribution in [3.05, 3.63) is 47.2 Å². The number of likely N-dealkylation sites (tertiary alicyclic amines) is 1. The molecule has 130 valence electrons. The number of alkyl halides is 3. The van der Waals surface area contributed by atoms with Gasteiger partial charge in [-0.25, -0.2) is 0 Å². The number of benzene rings is 1. The van der Waals surface area contributed by atoms with Gasteiger partial charge < -0.3 is 14.7 Å². The first kappa shape index (κ1) is 16.8. The first-order valence-electron chi connectivity index (χ1n) is 7.83. The van der Waals surface area contributed by atoms with E-state index in [2.05, 4.69) is 0 Å². The first-order valence-corrected chi connectivity index (χ1v) is 7.83. The molecule has 3 rings (SSSR count). The first-order chi connectivity index (χ1) is 11.4. The van der Waals surface area contributed by atoms with E-state index < -0.39 is 23.9 Å². The third kappa shape index (κ3) is 3.40. The van der Waals surface area contributed by atoms with Gasteiger partial charge in [-0.1, -0.05) is 12.1 Å². The topological polar surface area (TPSA) is 49.8 Å². The largest absolute Gasteiger partial charge is 0.501 e. The van der Waals surface area contributed by atoms with Gasteiger partial charge in [0.05, 0.1) is 36.2 Å². The zero-order valence-corrected chi connectivity index (χ0v) is 12.9. The van der Waals surface area contributed by atoms with Crippen molar-refractivity contribution in [1.82, 2.24) is 4.90 Å². The number of halogens is 3. The van der Waals surface area contributed by atoms with E-state index in [1.54, 1.807) is 0 Å². The number of carbonyl (C=O) groups excluding carboxylic acids is 1. The quantitative estimate of drug-likeness (QED) is 0.900. The monoisotopic (exact) mass is 341 g/mol. The van der Waals surface area contributed by atoms with Crippen LogP contribution in [-0.2, 0) is 15.7 Å². The molecule has 2 heterocycles. The van der Waals surface area contributed by atoms with Crippen molar-refractivity contribution in [2.24, 2.45) is 0 Å². The minimum atomic E-state index is -4.40. The Morgan fingerprint density at radius 2 is 1.96 bits per heavy atom. The van der Waals surface area contributed by atoms with Crippen molar-refractivity contribution in [2.75, 3.05) is 13.2 Å². The highest BCUT2D eigenvalue weighted by atomic mass is 19.4. The third-order valence-electron chi connectivity index (χ3n) is 4.37. The molecule has 0 aromatic heterocycles. The summed E-state index contributed by atoms with van der Waals surface area (Å²) in [6.45, 7) is 0.740. The normalized spacial score (nSPS) is 24.5. The maximum absolute atomic E-state index is 12.7. The summed E-state index contributed by atoms with van der Waals surface area (Å²) in [5.74, 6) is -0.226. The van der Waals surface area contributed by atoms with Crippen molar-refractivity contribution in [2.45, 2.75) is 37.6 Å². The molecule has 2 atom stereocenters. The number of aliphatic hydroxyl groups is 1. The fourth-order valence-corrected chi connectivity index (χ4v) is 3.15. The second-order valence-electron chi connectivity index (χ2n) is 6.10. The number of rotatable bonds is 2. The van der Waals surface area contributed by atoms with Gasteiger partial charge in [0.15, 0.2) is 0 Å². The lowest BCUT2D eigenvalue weighted by atomic mass is 10.0. The number of β-amino-alcohol motifs (C(OH)–C–C–N with tert-alkyl or cyclic N) is 1. The maximum atomic E-state index is 12.7. The molecule has 0 aliphatic carbocycles. The van der Waals surface area contributed by atoms with Crippen molar-refractivity contribution < 1.29 is 27.8 Å². The second-order valence-corrected chi connectivity index (χ2v) is 6.10. The summed E-state index contributed by atoms with van der Waals surface area (Å²) in [6.07, 6.45) is -1.98. The number of aliphatic hydroxyl groups excluding tert-OH is 1. The van der Waals surface area contributed by atoms with E-state index in [1.165, 1.54) is 23.3 Å². The van der Waals surface area contributed by atoms with Crippen LogP contribution >= 0.6 is 0 Å². The van der Waals surface area contributed by atoms with Gasteiger partial charge in [-0.2, -0.15) is 13.2 Å². The molecule has 1 aromatic rings. The highest BCUT2D eigenvalue weighted by Gasteiger charge is 2.37. The Hall–Kier alpha value is -2.02. The minimum Gasteiger partial charge on any atom is -0.501 e. The molecule has 1 saturated heterocycles. The molecule has 1 amide bonds. The molecular weight excluding hydrogens is 323 g/mol. The highest BCUT2D eigenvalue weighted by molar-refractivity contribution is 5.93. The second kappa shape index (κ2) is 6.47. The number of ether oxygens (including phenoxy) is 1. The number of nitrogens with zero attached hydrogens (tertiary/aromatic N) is 1. The molecule has 0 bridgehead atoms. The van der Waals surface area contributed by atoms with Crippen molar-refractivity contribution in [1.29, 1.82) is 0 Å². The van der Waals surface area contributed by atoms with Gasteiger partial charge in [0, 0.05) is 6.54 Å². The molecule has 2 unspecified atom stereocenters. The van der Waals surface area contributed by atoms with Crippen LogP contribution in [0.2, 0.25) is 0 Å².